The molecule has 0 aliphatic rings. The molecule has 0 saturated heterocycles. The van der Waals surface area contributed by atoms with Gasteiger partial charge in [-0.3, -0.25) is 4.79 Å². The summed E-state index contributed by atoms with van der Waals surface area (Å²) in [5, 5.41) is 0. The topological polar surface area (TPSA) is 29.5 Å². The van der Waals surface area contributed by atoms with E-state index in [0.717, 1.165) is 23.9 Å². The number of nitrogens with zero attached hydrogens (tertiary/aromatic N) is 1. The van der Waals surface area contributed by atoms with Gasteiger partial charge < -0.3 is 9.64 Å². The summed E-state index contributed by atoms with van der Waals surface area (Å²) in [5.41, 5.74) is 2.44. The molecule has 113 valence electrons. The lowest BCUT2D eigenvalue weighted by Crippen LogP contribution is -2.09. The molecular formula is C18H20NO2Si. The summed E-state index contributed by atoms with van der Waals surface area (Å²) in [6.07, 6.45) is 0.954. The third-order valence-corrected chi connectivity index (χ3v) is 3.71. The molecule has 0 unspecified atom stereocenters. The van der Waals surface area contributed by atoms with E-state index in [-0.39, 0.29) is 5.78 Å². The van der Waals surface area contributed by atoms with Gasteiger partial charge >= 0.3 is 0 Å². The third kappa shape index (κ3) is 4.21. The summed E-state index contributed by atoms with van der Waals surface area (Å²) >= 11 is 0. The molecule has 0 aliphatic carbocycles. The molecule has 0 aliphatic heterocycles. The number of hydrogen-bond acceptors (Lipinski definition) is 3. The minimum atomic E-state index is 0.0250. The van der Waals surface area contributed by atoms with Crippen LogP contribution >= 0.6 is 0 Å². The van der Waals surface area contributed by atoms with Crippen molar-refractivity contribution in [1.82, 2.24) is 0 Å². The number of rotatable bonds is 7. The van der Waals surface area contributed by atoms with Gasteiger partial charge in [0, 0.05) is 41.2 Å². The molecule has 0 bridgehead atoms. The largest absolute Gasteiger partial charge is 0.494 e. The van der Waals surface area contributed by atoms with Crippen molar-refractivity contribution in [2.75, 3.05) is 25.6 Å². The Hall–Kier alpha value is -2.07. The van der Waals surface area contributed by atoms with Crippen LogP contribution in [0.5, 0.6) is 5.75 Å². The van der Waals surface area contributed by atoms with E-state index in [0.29, 0.717) is 17.7 Å². The molecule has 0 atom stereocenters. The smallest absolute Gasteiger partial charge is 0.193 e. The molecule has 3 radical (unpaired) electrons. The average Bonchev–Trinajstić information content (AvgIpc) is 2.55. The molecule has 3 nitrogen and oxygen atoms in total. The summed E-state index contributed by atoms with van der Waals surface area (Å²) in [6.45, 7) is 0.669. The Kier molecular flexibility index (Phi) is 5.78. The molecule has 4 heteroatoms. The highest BCUT2D eigenvalue weighted by molar-refractivity contribution is 6.09. The number of carbonyl (C=O) groups excluding carboxylic acids is 1. The second-order valence-electron chi connectivity index (χ2n) is 5.25. The van der Waals surface area contributed by atoms with Gasteiger partial charge in [-0.15, -0.1) is 0 Å². The van der Waals surface area contributed by atoms with Crippen LogP contribution in [-0.2, 0) is 0 Å². The Morgan fingerprint density at radius 3 is 2.05 bits per heavy atom. The van der Waals surface area contributed by atoms with Crippen LogP contribution in [0.25, 0.3) is 0 Å². The maximum absolute atomic E-state index is 12.4. The molecule has 2 rings (SSSR count). The number of carbonyl (C=O) groups is 1. The van der Waals surface area contributed by atoms with Crippen LogP contribution in [0.2, 0.25) is 6.04 Å². The zero-order chi connectivity index (χ0) is 15.9. The molecule has 22 heavy (non-hydrogen) atoms. The maximum atomic E-state index is 12.4. The van der Waals surface area contributed by atoms with Crippen LogP contribution in [0.3, 0.4) is 0 Å². The monoisotopic (exact) mass is 310 g/mol. The van der Waals surface area contributed by atoms with Crippen molar-refractivity contribution < 1.29 is 9.53 Å². The van der Waals surface area contributed by atoms with E-state index < -0.39 is 0 Å². The summed E-state index contributed by atoms with van der Waals surface area (Å²) in [4.78, 5) is 14.4. The molecule has 0 saturated carbocycles. The molecule has 2 aromatic rings. The van der Waals surface area contributed by atoms with Crippen LogP contribution in [-0.4, -0.2) is 36.7 Å². The molecule has 0 N–H and O–H groups in total. The minimum Gasteiger partial charge on any atom is -0.494 e. The summed E-state index contributed by atoms with van der Waals surface area (Å²) in [6, 6.07) is 15.8. The van der Waals surface area contributed by atoms with Gasteiger partial charge in [-0.1, -0.05) is 6.04 Å². The zero-order valence-corrected chi connectivity index (χ0v) is 14.0. The first-order valence-electron chi connectivity index (χ1n) is 7.31. The van der Waals surface area contributed by atoms with Crippen molar-refractivity contribution in [2.45, 2.75) is 12.5 Å². The van der Waals surface area contributed by atoms with Gasteiger partial charge in [0.15, 0.2) is 5.78 Å². The predicted octanol–water partition coefficient (Wildman–Crippen LogP) is 3.34. The van der Waals surface area contributed by atoms with Crippen LogP contribution in [0.4, 0.5) is 5.69 Å². The van der Waals surface area contributed by atoms with Gasteiger partial charge in [-0.25, -0.2) is 0 Å². The molecule has 2 aromatic carbocycles. The van der Waals surface area contributed by atoms with Crippen LogP contribution in [0, 0.1) is 0 Å². The second-order valence-corrected chi connectivity index (χ2v) is 5.75. The first kappa shape index (κ1) is 16.3. The number of hydrogen-bond donors (Lipinski definition) is 0. The predicted molar refractivity (Wildman–Crippen MR) is 91.3 cm³/mol. The van der Waals surface area contributed by atoms with Crippen LogP contribution < -0.4 is 9.64 Å². The maximum Gasteiger partial charge on any atom is 0.193 e. The SMILES string of the molecule is CN(C)c1ccc(C(=O)c2ccc(OCCC[Si])cc2)cc1. The van der Waals surface area contributed by atoms with E-state index in [1.54, 1.807) is 0 Å². The van der Waals surface area contributed by atoms with E-state index in [1.165, 1.54) is 0 Å². The normalized spacial score (nSPS) is 10.3. The van der Waals surface area contributed by atoms with Gasteiger partial charge in [0.25, 0.3) is 0 Å². The molecule has 0 spiro atoms. The second kappa shape index (κ2) is 7.80. The van der Waals surface area contributed by atoms with Gasteiger partial charge in [0.2, 0.25) is 0 Å². The first-order valence-corrected chi connectivity index (χ1v) is 8.02. The fraction of sp³-hybridized carbons (Fsp3) is 0.278. The average molecular weight is 310 g/mol. The number of ether oxygens (including phenoxy) is 1. The van der Waals surface area contributed by atoms with E-state index in [4.69, 9.17) is 4.74 Å². The fourth-order valence-corrected chi connectivity index (χ4v) is 2.19. The van der Waals surface area contributed by atoms with Gasteiger partial charge in [0.1, 0.15) is 5.75 Å². The summed E-state index contributed by atoms with van der Waals surface area (Å²) in [5.74, 6) is 0.816. The highest BCUT2D eigenvalue weighted by Gasteiger charge is 2.09. The Morgan fingerprint density at radius 1 is 1.00 bits per heavy atom. The molecule has 0 fully saturated rings. The molecule has 0 heterocycles. The van der Waals surface area contributed by atoms with Crippen molar-refractivity contribution in [1.29, 1.82) is 0 Å². The summed E-state index contributed by atoms with van der Waals surface area (Å²) in [7, 11) is 7.37. The Balaban J connectivity index is 2.05. The quantitative estimate of drug-likeness (QED) is 0.446. The van der Waals surface area contributed by atoms with Crippen molar-refractivity contribution in [3.05, 3.63) is 59.7 Å². The lowest BCUT2D eigenvalue weighted by atomic mass is 10.0. The standard InChI is InChI=1S/C18H20NO2Si/c1-19(2)16-8-4-14(5-9-16)18(20)15-6-10-17(11-7-15)21-12-3-13-22/h4-11H,3,12-13H2,1-2H3. The van der Waals surface area contributed by atoms with Gasteiger partial charge in [-0.05, 0) is 55.0 Å². The van der Waals surface area contributed by atoms with Crippen molar-refractivity contribution in [3.8, 4) is 5.75 Å². The van der Waals surface area contributed by atoms with Crippen molar-refractivity contribution in [2.24, 2.45) is 0 Å². The number of ketones is 1. The van der Waals surface area contributed by atoms with E-state index >= 15 is 0 Å². The molecular weight excluding hydrogens is 290 g/mol. The first-order chi connectivity index (χ1) is 10.6. The highest BCUT2D eigenvalue weighted by atomic mass is 28.1. The minimum absolute atomic E-state index is 0.0250. The van der Waals surface area contributed by atoms with Crippen molar-refractivity contribution >= 4 is 21.7 Å². The van der Waals surface area contributed by atoms with E-state index in [1.807, 2.05) is 67.5 Å². The Morgan fingerprint density at radius 2 is 1.55 bits per heavy atom. The third-order valence-electron chi connectivity index (χ3n) is 3.35. The lowest BCUT2D eigenvalue weighted by Gasteiger charge is -2.12. The van der Waals surface area contributed by atoms with E-state index in [9.17, 15) is 4.79 Å². The van der Waals surface area contributed by atoms with Crippen LogP contribution in [0.15, 0.2) is 48.5 Å². The fourth-order valence-electron chi connectivity index (χ4n) is 2.04. The van der Waals surface area contributed by atoms with Crippen LogP contribution in [0.1, 0.15) is 22.3 Å². The van der Waals surface area contributed by atoms with Gasteiger partial charge in [-0.2, -0.15) is 0 Å². The summed E-state index contributed by atoms with van der Waals surface area (Å²) < 4.78 is 5.58. The van der Waals surface area contributed by atoms with E-state index in [2.05, 4.69) is 10.2 Å². The van der Waals surface area contributed by atoms with Gasteiger partial charge in [0.05, 0.1) is 6.61 Å². The Bertz CT molecular complexity index is 606. The number of anilines is 1. The lowest BCUT2D eigenvalue weighted by molar-refractivity contribution is 0.103. The zero-order valence-electron chi connectivity index (χ0n) is 13.0. The number of benzene rings is 2. The van der Waals surface area contributed by atoms with Crippen molar-refractivity contribution in [3.63, 3.8) is 0 Å². The Labute approximate surface area is 135 Å². The molecule has 0 aromatic heterocycles. The highest BCUT2D eigenvalue weighted by Crippen LogP contribution is 2.18. The molecule has 0 amide bonds.